The van der Waals surface area contributed by atoms with E-state index in [4.69, 9.17) is 15.2 Å². The number of primary amides is 1. The molecule has 1 atom stereocenters. The van der Waals surface area contributed by atoms with Crippen molar-refractivity contribution in [2.24, 2.45) is 11.7 Å². The second kappa shape index (κ2) is 7.87. The van der Waals surface area contributed by atoms with E-state index < -0.39 is 0 Å². The van der Waals surface area contributed by atoms with E-state index in [2.05, 4.69) is 16.1 Å². The summed E-state index contributed by atoms with van der Waals surface area (Å²) in [5, 5.41) is 0.632. The van der Waals surface area contributed by atoms with E-state index in [0.717, 1.165) is 34.8 Å². The number of hydrogen-bond acceptors (Lipinski definition) is 6. The molecule has 1 saturated heterocycles. The summed E-state index contributed by atoms with van der Waals surface area (Å²) in [4.78, 5) is 19.7. The summed E-state index contributed by atoms with van der Waals surface area (Å²) in [6.45, 7) is 3.67. The maximum Gasteiger partial charge on any atom is 0.315 e. The lowest BCUT2D eigenvalue weighted by Gasteiger charge is -2.20. The van der Waals surface area contributed by atoms with Crippen LogP contribution in [0.15, 0.2) is 60.3 Å². The van der Waals surface area contributed by atoms with Crippen LogP contribution in [0.3, 0.4) is 0 Å². The van der Waals surface area contributed by atoms with E-state index in [0.29, 0.717) is 30.8 Å². The molecular weight excluding hydrogens is 400 g/mol. The second-order valence-corrected chi connectivity index (χ2v) is 8.48. The summed E-state index contributed by atoms with van der Waals surface area (Å²) >= 11 is 1.53. The van der Waals surface area contributed by atoms with Crippen molar-refractivity contribution in [3.8, 4) is 16.7 Å². The van der Waals surface area contributed by atoms with Crippen LogP contribution in [0.25, 0.3) is 10.2 Å². The van der Waals surface area contributed by atoms with Crippen LogP contribution in [0.2, 0.25) is 0 Å². The number of urea groups is 1. The van der Waals surface area contributed by atoms with Crippen LogP contribution in [0.4, 0.5) is 4.79 Å². The normalized spacial score (nSPS) is 17.9. The Kier molecular flexibility index (Phi) is 4.92. The highest BCUT2D eigenvalue weighted by Crippen LogP contribution is 2.32. The molecule has 2 aromatic carbocycles. The molecule has 0 saturated carbocycles. The number of benzene rings is 2. The molecule has 1 aromatic heterocycles. The number of ether oxygens (including phenoxy) is 2. The highest BCUT2D eigenvalue weighted by atomic mass is 32.1. The Hall–Kier alpha value is -3.26. The summed E-state index contributed by atoms with van der Waals surface area (Å²) in [6, 6.07) is 15.2. The van der Waals surface area contributed by atoms with Crippen LogP contribution in [0.5, 0.6) is 16.7 Å². The first-order valence-corrected chi connectivity index (χ1v) is 10.7. The quantitative estimate of drug-likeness (QED) is 0.655. The van der Waals surface area contributed by atoms with Crippen LogP contribution in [-0.2, 0) is 0 Å². The van der Waals surface area contributed by atoms with E-state index in [-0.39, 0.29) is 6.03 Å². The Labute approximate surface area is 178 Å². The van der Waals surface area contributed by atoms with Crippen molar-refractivity contribution in [1.82, 2.24) is 14.8 Å². The van der Waals surface area contributed by atoms with Crippen molar-refractivity contribution < 1.29 is 14.3 Å². The number of carbonyl (C=O) groups excluding carboxylic acids is 1. The third kappa shape index (κ3) is 3.91. The Morgan fingerprint density at radius 2 is 1.93 bits per heavy atom. The van der Waals surface area contributed by atoms with E-state index in [1.165, 1.54) is 16.9 Å². The van der Waals surface area contributed by atoms with Gasteiger partial charge in [0.1, 0.15) is 18.1 Å². The zero-order valence-corrected chi connectivity index (χ0v) is 17.2. The second-order valence-electron chi connectivity index (χ2n) is 7.48. The van der Waals surface area contributed by atoms with Crippen molar-refractivity contribution in [3.63, 3.8) is 0 Å². The van der Waals surface area contributed by atoms with Gasteiger partial charge in [0.15, 0.2) is 0 Å². The van der Waals surface area contributed by atoms with Crippen molar-refractivity contribution in [2.45, 2.75) is 0 Å². The lowest BCUT2D eigenvalue weighted by Crippen LogP contribution is -2.35. The van der Waals surface area contributed by atoms with Gasteiger partial charge < -0.3 is 25.0 Å². The summed E-state index contributed by atoms with van der Waals surface area (Å²) in [5.41, 5.74) is 7.59. The predicted molar refractivity (Wildman–Crippen MR) is 116 cm³/mol. The number of thiazole rings is 1. The molecule has 0 spiro atoms. The molecular formula is C22H22N4O3S. The SMILES string of the molecule is NC(=O)N1CC2=CN(CCOc3ccc(Oc4nc5ccccc5s4)cc3)CC2C1. The van der Waals surface area contributed by atoms with Crippen LogP contribution in [-0.4, -0.2) is 53.6 Å². The fourth-order valence-corrected chi connectivity index (χ4v) is 4.73. The molecule has 7 nitrogen and oxygen atoms in total. The minimum absolute atomic E-state index is 0.337. The molecule has 1 fully saturated rings. The minimum Gasteiger partial charge on any atom is -0.492 e. The number of para-hydroxylation sites is 1. The highest BCUT2D eigenvalue weighted by Gasteiger charge is 2.34. The van der Waals surface area contributed by atoms with Gasteiger partial charge in [-0.25, -0.2) is 9.78 Å². The average molecular weight is 423 g/mol. The molecule has 0 aliphatic carbocycles. The summed E-state index contributed by atoms with van der Waals surface area (Å²) < 4.78 is 12.9. The molecule has 1 unspecified atom stereocenters. The monoisotopic (exact) mass is 422 g/mol. The third-order valence-electron chi connectivity index (χ3n) is 5.40. The van der Waals surface area contributed by atoms with Crippen LogP contribution < -0.4 is 15.2 Å². The first-order chi connectivity index (χ1) is 14.6. The highest BCUT2D eigenvalue weighted by molar-refractivity contribution is 7.20. The van der Waals surface area contributed by atoms with E-state index in [9.17, 15) is 4.79 Å². The van der Waals surface area contributed by atoms with Gasteiger partial charge in [-0.1, -0.05) is 23.5 Å². The number of aromatic nitrogens is 1. The van der Waals surface area contributed by atoms with Crippen LogP contribution >= 0.6 is 11.3 Å². The zero-order valence-electron chi connectivity index (χ0n) is 16.4. The first-order valence-electron chi connectivity index (χ1n) is 9.89. The van der Waals surface area contributed by atoms with Crippen molar-refractivity contribution >= 4 is 27.6 Å². The van der Waals surface area contributed by atoms with Crippen molar-refractivity contribution in [1.29, 1.82) is 0 Å². The number of likely N-dealkylation sites (tertiary alicyclic amines) is 1. The number of nitrogens with zero attached hydrogens (tertiary/aromatic N) is 3. The Bertz CT molecular complexity index is 1060. The third-order valence-corrected chi connectivity index (χ3v) is 6.32. The molecule has 8 heteroatoms. The molecule has 0 radical (unpaired) electrons. The fourth-order valence-electron chi connectivity index (χ4n) is 3.89. The van der Waals surface area contributed by atoms with Gasteiger partial charge >= 0.3 is 6.03 Å². The lowest BCUT2D eigenvalue weighted by atomic mass is 10.1. The standard InChI is InChI=1S/C22H22N4O3S/c23-21(27)26-13-15-11-25(12-16(15)14-26)9-10-28-17-5-7-18(8-6-17)29-22-24-19-3-1-2-4-20(19)30-22/h1-8,11,16H,9-10,12-14H2,(H2,23,27). The largest absolute Gasteiger partial charge is 0.492 e. The van der Waals surface area contributed by atoms with Crippen LogP contribution in [0.1, 0.15) is 0 Å². The number of amides is 2. The number of nitrogens with two attached hydrogens (primary N) is 1. The molecule has 2 aliphatic rings. The van der Waals surface area contributed by atoms with Gasteiger partial charge in [-0.15, -0.1) is 0 Å². The molecule has 154 valence electrons. The van der Waals surface area contributed by atoms with Gasteiger partial charge in [-0.3, -0.25) is 0 Å². The molecule has 2 N–H and O–H groups in total. The molecule has 5 rings (SSSR count). The first kappa shape index (κ1) is 18.7. The van der Waals surface area contributed by atoms with Gasteiger partial charge in [0, 0.05) is 31.8 Å². The van der Waals surface area contributed by atoms with E-state index in [1.807, 2.05) is 48.5 Å². The topological polar surface area (TPSA) is 80.9 Å². The smallest absolute Gasteiger partial charge is 0.315 e. The summed E-state index contributed by atoms with van der Waals surface area (Å²) in [7, 11) is 0. The Morgan fingerprint density at radius 1 is 1.13 bits per heavy atom. The molecule has 2 amide bonds. The van der Waals surface area contributed by atoms with E-state index >= 15 is 0 Å². The fraction of sp³-hybridized carbons (Fsp3) is 0.273. The number of hydrogen-bond donors (Lipinski definition) is 1. The predicted octanol–water partition coefficient (Wildman–Crippen LogP) is 3.68. The Balaban J connectivity index is 1.11. The number of carbonyl (C=O) groups is 1. The zero-order chi connectivity index (χ0) is 20.5. The average Bonchev–Trinajstić information content (AvgIpc) is 3.41. The van der Waals surface area contributed by atoms with Crippen molar-refractivity contribution in [3.05, 3.63) is 60.3 Å². The summed E-state index contributed by atoms with van der Waals surface area (Å²) in [6.07, 6.45) is 2.14. The molecule has 0 bridgehead atoms. The number of fused-ring (bicyclic) bond motifs is 2. The minimum atomic E-state index is -0.337. The van der Waals surface area contributed by atoms with Gasteiger partial charge in [-0.05, 0) is 42.0 Å². The summed E-state index contributed by atoms with van der Waals surface area (Å²) in [5.74, 6) is 1.94. The van der Waals surface area contributed by atoms with Crippen LogP contribution in [0, 0.1) is 5.92 Å². The van der Waals surface area contributed by atoms with Gasteiger partial charge in [0.2, 0.25) is 0 Å². The molecule has 30 heavy (non-hydrogen) atoms. The maximum atomic E-state index is 11.3. The van der Waals surface area contributed by atoms with Crippen molar-refractivity contribution in [2.75, 3.05) is 32.8 Å². The molecule has 3 aromatic rings. The van der Waals surface area contributed by atoms with Gasteiger partial charge in [0.25, 0.3) is 5.19 Å². The van der Waals surface area contributed by atoms with Gasteiger partial charge in [0.05, 0.1) is 16.8 Å². The Morgan fingerprint density at radius 3 is 2.70 bits per heavy atom. The lowest BCUT2D eigenvalue weighted by molar-refractivity contribution is 0.211. The molecule has 2 aliphatic heterocycles. The van der Waals surface area contributed by atoms with Gasteiger partial charge in [-0.2, -0.15) is 0 Å². The number of rotatable bonds is 6. The maximum absolute atomic E-state index is 11.3. The van der Waals surface area contributed by atoms with E-state index in [1.54, 1.807) is 4.90 Å². The molecule has 3 heterocycles.